The van der Waals surface area contributed by atoms with Crippen LogP contribution in [0.15, 0.2) is 24.3 Å². The van der Waals surface area contributed by atoms with Crippen LogP contribution in [-0.2, 0) is 0 Å². The van der Waals surface area contributed by atoms with Gasteiger partial charge in [-0.1, -0.05) is 0 Å². The lowest BCUT2D eigenvalue weighted by Gasteiger charge is -2.25. The molecule has 0 aromatic heterocycles. The summed E-state index contributed by atoms with van der Waals surface area (Å²) in [5, 5.41) is 34.9. The van der Waals surface area contributed by atoms with Gasteiger partial charge in [-0.25, -0.2) is 0 Å². The third-order valence-electron chi connectivity index (χ3n) is 3.33. The average molecular weight is 254 g/mol. The summed E-state index contributed by atoms with van der Waals surface area (Å²) in [6.07, 6.45) is 4.40. The van der Waals surface area contributed by atoms with Gasteiger partial charge >= 0.3 is 0 Å². The van der Waals surface area contributed by atoms with Crippen molar-refractivity contribution in [1.82, 2.24) is 0 Å². The number of phenolic OH excluding ortho intramolecular Hbond substituents is 2. The summed E-state index contributed by atoms with van der Waals surface area (Å²) in [7, 11) is 0. The molecule has 1 aromatic rings. The Morgan fingerprint density at radius 3 is 1.22 bits per heavy atom. The van der Waals surface area contributed by atoms with Crippen LogP contribution in [0.5, 0.6) is 11.5 Å². The monoisotopic (exact) mass is 254 g/mol. The van der Waals surface area contributed by atoms with Crippen LogP contribution in [0, 0.1) is 11.8 Å². The van der Waals surface area contributed by atoms with Gasteiger partial charge in [0.1, 0.15) is 11.5 Å². The van der Waals surface area contributed by atoms with Gasteiger partial charge in [-0.05, 0) is 61.8 Å². The summed E-state index contributed by atoms with van der Waals surface area (Å²) in [6.45, 7) is 0.663. The number of phenols is 2. The summed E-state index contributed by atoms with van der Waals surface area (Å²) in [5.74, 6) is 1.37. The zero-order chi connectivity index (χ0) is 13.4. The van der Waals surface area contributed by atoms with Crippen molar-refractivity contribution in [2.75, 3.05) is 13.2 Å². The van der Waals surface area contributed by atoms with Gasteiger partial charge < -0.3 is 20.4 Å². The molecule has 0 amide bonds. The fourth-order valence-electron chi connectivity index (χ4n) is 2.05. The smallest absolute Gasteiger partial charge is 0.115 e. The summed E-state index contributed by atoms with van der Waals surface area (Å²) >= 11 is 0. The Morgan fingerprint density at radius 2 is 1.00 bits per heavy atom. The van der Waals surface area contributed by atoms with Gasteiger partial charge in [-0.2, -0.15) is 0 Å². The van der Waals surface area contributed by atoms with Crippen molar-refractivity contribution < 1.29 is 20.4 Å². The molecule has 4 nitrogen and oxygen atoms in total. The molecule has 0 heterocycles. The maximum atomic E-state index is 8.79. The van der Waals surface area contributed by atoms with Crippen molar-refractivity contribution >= 4 is 0 Å². The molecule has 18 heavy (non-hydrogen) atoms. The topological polar surface area (TPSA) is 80.9 Å². The van der Waals surface area contributed by atoms with E-state index in [0.717, 1.165) is 25.7 Å². The molecule has 1 aromatic carbocycles. The highest BCUT2D eigenvalue weighted by Crippen LogP contribution is 2.27. The SMILES string of the molecule is OCC1CCC(CO)CC1.Oc1ccc(O)cc1. The van der Waals surface area contributed by atoms with Gasteiger partial charge in [0, 0.05) is 13.2 Å². The van der Waals surface area contributed by atoms with E-state index in [4.69, 9.17) is 20.4 Å². The van der Waals surface area contributed by atoms with Crippen molar-refractivity contribution in [3.8, 4) is 11.5 Å². The van der Waals surface area contributed by atoms with Crippen LogP contribution in [0.4, 0.5) is 0 Å². The summed E-state index contributed by atoms with van der Waals surface area (Å²) in [5.41, 5.74) is 0. The lowest BCUT2D eigenvalue weighted by Crippen LogP contribution is -2.19. The zero-order valence-corrected chi connectivity index (χ0v) is 10.5. The van der Waals surface area contributed by atoms with E-state index in [2.05, 4.69) is 0 Å². The molecular weight excluding hydrogens is 232 g/mol. The molecule has 0 atom stereocenters. The third-order valence-corrected chi connectivity index (χ3v) is 3.33. The number of aliphatic hydroxyl groups excluding tert-OH is 2. The number of hydrogen-bond donors (Lipinski definition) is 4. The Morgan fingerprint density at radius 1 is 0.722 bits per heavy atom. The van der Waals surface area contributed by atoms with E-state index in [-0.39, 0.29) is 11.5 Å². The molecule has 0 bridgehead atoms. The maximum absolute atomic E-state index is 8.79. The third kappa shape index (κ3) is 5.38. The maximum Gasteiger partial charge on any atom is 0.115 e. The van der Waals surface area contributed by atoms with Crippen molar-refractivity contribution in [3.05, 3.63) is 24.3 Å². The van der Waals surface area contributed by atoms with Crippen LogP contribution in [-0.4, -0.2) is 33.6 Å². The van der Waals surface area contributed by atoms with Crippen molar-refractivity contribution in [2.45, 2.75) is 25.7 Å². The van der Waals surface area contributed by atoms with E-state index in [1.807, 2.05) is 0 Å². The highest BCUT2D eigenvalue weighted by Gasteiger charge is 2.19. The molecule has 1 aliphatic carbocycles. The second-order valence-electron chi connectivity index (χ2n) is 4.77. The van der Waals surface area contributed by atoms with Gasteiger partial charge in [0.05, 0.1) is 0 Å². The highest BCUT2D eigenvalue weighted by atomic mass is 16.3. The van der Waals surface area contributed by atoms with Gasteiger partial charge in [-0.3, -0.25) is 0 Å². The van der Waals surface area contributed by atoms with Crippen LogP contribution in [0.25, 0.3) is 0 Å². The van der Waals surface area contributed by atoms with Crippen LogP contribution >= 0.6 is 0 Å². The summed E-state index contributed by atoms with van der Waals surface area (Å²) in [4.78, 5) is 0. The molecule has 1 fully saturated rings. The molecule has 0 aliphatic heterocycles. The van der Waals surface area contributed by atoms with Crippen molar-refractivity contribution in [1.29, 1.82) is 0 Å². The Labute approximate surface area is 108 Å². The highest BCUT2D eigenvalue weighted by molar-refractivity contribution is 5.28. The van der Waals surface area contributed by atoms with E-state index in [9.17, 15) is 0 Å². The summed E-state index contributed by atoms with van der Waals surface area (Å²) < 4.78 is 0. The average Bonchev–Trinajstić information content (AvgIpc) is 2.43. The minimum atomic E-state index is 0.169. The molecule has 1 aliphatic rings. The lowest BCUT2D eigenvalue weighted by atomic mass is 9.83. The van der Waals surface area contributed by atoms with E-state index < -0.39 is 0 Å². The number of benzene rings is 1. The van der Waals surface area contributed by atoms with Crippen LogP contribution in [0.2, 0.25) is 0 Å². The summed E-state index contributed by atoms with van der Waals surface area (Å²) in [6, 6.07) is 5.70. The van der Waals surface area contributed by atoms with Crippen LogP contribution < -0.4 is 0 Å². The van der Waals surface area contributed by atoms with Crippen molar-refractivity contribution in [2.24, 2.45) is 11.8 Å². The van der Waals surface area contributed by atoms with E-state index >= 15 is 0 Å². The largest absolute Gasteiger partial charge is 0.508 e. The molecule has 0 radical (unpaired) electrons. The first-order valence-corrected chi connectivity index (χ1v) is 6.35. The Balaban J connectivity index is 0.000000184. The normalized spacial score (nSPS) is 23.0. The number of aromatic hydroxyl groups is 2. The minimum absolute atomic E-state index is 0.169. The predicted octanol–water partition coefficient (Wildman–Crippen LogP) is 1.88. The number of aliphatic hydroxyl groups is 2. The zero-order valence-electron chi connectivity index (χ0n) is 10.5. The molecular formula is C14H22O4. The van der Waals surface area contributed by atoms with Gasteiger partial charge in [-0.15, -0.1) is 0 Å². The molecule has 0 spiro atoms. The molecule has 0 saturated heterocycles. The van der Waals surface area contributed by atoms with E-state index in [1.165, 1.54) is 24.3 Å². The standard InChI is InChI=1S/C8H16O2.C6H6O2/c9-5-7-1-2-8(6-10)4-3-7;7-5-1-2-6(8)4-3-5/h7-10H,1-6H2;1-4,7-8H. The first-order valence-electron chi connectivity index (χ1n) is 6.35. The Kier molecular flexibility index (Phi) is 6.54. The first kappa shape index (κ1) is 14.8. The van der Waals surface area contributed by atoms with Crippen LogP contribution in [0.3, 0.4) is 0 Å². The van der Waals surface area contributed by atoms with E-state index in [0.29, 0.717) is 25.0 Å². The van der Waals surface area contributed by atoms with Crippen molar-refractivity contribution in [3.63, 3.8) is 0 Å². The fraction of sp³-hybridized carbons (Fsp3) is 0.571. The van der Waals surface area contributed by atoms with E-state index in [1.54, 1.807) is 0 Å². The minimum Gasteiger partial charge on any atom is -0.508 e. The number of hydrogen-bond acceptors (Lipinski definition) is 4. The lowest BCUT2D eigenvalue weighted by molar-refractivity contribution is 0.131. The van der Waals surface area contributed by atoms with Gasteiger partial charge in [0.25, 0.3) is 0 Å². The Bertz CT molecular complexity index is 282. The fourth-order valence-corrected chi connectivity index (χ4v) is 2.05. The molecule has 4 heteroatoms. The second kappa shape index (κ2) is 7.95. The predicted molar refractivity (Wildman–Crippen MR) is 69.4 cm³/mol. The van der Waals surface area contributed by atoms with Gasteiger partial charge in [0.2, 0.25) is 0 Å². The molecule has 2 rings (SSSR count). The van der Waals surface area contributed by atoms with Gasteiger partial charge in [0.15, 0.2) is 0 Å². The first-order chi connectivity index (χ1) is 8.65. The molecule has 102 valence electrons. The molecule has 0 unspecified atom stereocenters. The quantitative estimate of drug-likeness (QED) is 0.607. The van der Waals surface area contributed by atoms with Crippen LogP contribution in [0.1, 0.15) is 25.7 Å². The number of rotatable bonds is 2. The Hall–Kier alpha value is -1.26. The molecule has 4 N–H and O–H groups in total. The second-order valence-corrected chi connectivity index (χ2v) is 4.77. The molecule has 1 saturated carbocycles.